The van der Waals surface area contributed by atoms with Gasteiger partial charge in [-0.3, -0.25) is 9.69 Å². The molecule has 0 fully saturated rings. The minimum atomic E-state index is -0.871. The average molecular weight is 255 g/mol. The third-order valence-corrected chi connectivity index (χ3v) is 2.91. The van der Waals surface area contributed by atoms with Crippen LogP contribution < -0.4 is 0 Å². The zero-order valence-corrected chi connectivity index (χ0v) is 10.6. The van der Waals surface area contributed by atoms with Gasteiger partial charge < -0.3 is 10.2 Å². The van der Waals surface area contributed by atoms with Crippen LogP contribution in [0, 0.1) is 5.82 Å². The van der Waals surface area contributed by atoms with Gasteiger partial charge in [-0.2, -0.15) is 0 Å². The molecule has 18 heavy (non-hydrogen) atoms. The molecule has 0 radical (unpaired) electrons. The number of nitrogens with zero attached hydrogens (tertiary/aromatic N) is 1. The summed E-state index contributed by atoms with van der Waals surface area (Å²) in [6, 6.07) is 3.59. The molecule has 0 bridgehead atoms. The van der Waals surface area contributed by atoms with E-state index in [1.54, 1.807) is 6.92 Å². The maximum absolute atomic E-state index is 13.1. The molecule has 1 atom stereocenters. The van der Waals surface area contributed by atoms with Gasteiger partial charge in [-0.25, -0.2) is 4.39 Å². The molecule has 0 aliphatic rings. The maximum Gasteiger partial charge on any atom is 0.304 e. The number of carboxylic acid groups (broad SMARTS) is 1. The summed E-state index contributed by atoms with van der Waals surface area (Å²) in [6.45, 7) is 4.65. The van der Waals surface area contributed by atoms with Crippen molar-refractivity contribution < 1.29 is 19.4 Å². The largest absolute Gasteiger partial charge is 0.508 e. The number of carbonyl (C=O) groups is 1. The Balaban J connectivity index is 2.79. The SMILES string of the molecule is CCN(Cc1cc(F)ccc1O)C(C)CC(=O)O. The summed E-state index contributed by atoms with van der Waals surface area (Å²) in [4.78, 5) is 12.5. The number of aliphatic carboxylic acids is 1. The van der Waals surface area contributed by atoms with Crippen molar-refractivity contribution in [3.8, 4) is 5.75 Å². The first-order chi connectivity index (χ1) is 8.43. The fourth-order valence-corrected chi connectivity index (χ4v) is 1.86. The Morgan fingerprint density at radius 2 is 2.17 bits per heavy atom. The molecule has 1 aromatic rings. The minimum Gasteiger partial charge on any atom is -0.508 e. The quantitative estimate of drug-likeness (QED) is 0.818. The third-order valence-electron chi connectivity index (χ3n) is 2.91. The Labute approximate surface area is 106 Å². The molecular formula is C13H18FNO3. The highest BCUT2D eigenvalue weighted by Gasteiger charge is 2.17. The van der Waals surface area contributed by atoms with E-state index in [1.165, 1.54) is 18.2 Å². The predicted octanol–water partition coefficient (Wildman–Crippen LogP) is 2.22. The smallest absolute Gasteiger partial charge is 0.304 e. The molecule has 0 aliphatic heterocycles. The van der Waals surface area contributed by atoms with E-state index in [9.17, 15) is 14.3 Å². The normalized spacial score (nSPS) is 12.7. The number of halogens is 1. The van der Waals surface area contributed by atoms with Gasteiger partial charge in [0, 0.05) is 18.2 Å². The van der Waals surface area contributed by atoms with Crippen molar-refractivity contribution in [2.75, 3.05) is 6.54 Å². The standard InChI is InChI=1S/C13H18FNO3/c1-3-15(9(2)6-13(17)18)8-10-7-11(14)4-5-12(10)16/h4-5,7,9,16H,3,6,8H2,1-2H3,(H,17,18). The van der Waals surface area contributed by atoms with Crippen LogP contribution in [0.4, 0.5) is 4.39 Å². The second-order valence-corrected chi connectivity index (χ2v) is 4.28. The van der Waals surface area contributed by atoms with Gasteiger partial charge in [-0.1, -0.05) is 6.92 Å². The van der Waals surface area contributed by atoms with Crippen molar-refractivity contribution in [1.82, 2.24) is 4.90 Å². The van der Waals surface area contributed by atoms with E-state index in [0.29, 0.717) is 18.7 Å². The Morgan fingerprint density at radius 3 is 2.72 bits per heavy atom. The number of aromatic hydroxyl groups is 1. The van der Waals surface area contributed by atoms with Crippen molar-refractivity contribution in [2.45, 2.75) is 32.9 Å². The van der Waals surface area contributed by atoms with Crippen molar-refractivity contribution in [3.63, 3.8) is 0 Å². The lowest BCUT2D eigenvalue weighted by molar-refractivity contribution is -0.138. The van der Waals surface area contributed by atoms with Gasteiger partial charge in [-0.15, -0.1) is 0 Å². The summed E-state index contributed by atoms with van der Waals surface area (Å²) in [5, 5.41) is 18.4. The van der Waals surface area contributed by atoms with E-state index in [1.807, 2.05) is 11.8 Å². The van der Waals surface area contributed by atoms with E-state index in [4.69, 9.17) is 5.11 Å². The van der Waals surface area contributed by atoms with Crippen LogP contribution in [0.2, 0.25) is 0 Å². The first kappa shape index (κ1) is 14.4. The second kappa shape index (κ2) is 6.35. The van der Waals surface area contributed by atoms with Gasteiger partial charge in [0.1, 0.15) is 11.6 Å². The van der Waals surface area contributed by atoms with E-state index < -0.39 is 11.8 Å². The lowest BCUT2D eigenvalue weighted by atomic mass is 10.1. The zero-order valence-electron chi connectivity index (χ0n) is 10.6. The molecular weight excluding hydrogens is 237 g/mol. The molecule has 0 saturated carbocycles. The fourth-order valence-electron chi connectivity index (χ4n) is 1.86. The Hall–Kier alpha value is -1.62. The first-order valence-electron chi connectivity index (χ1n) is 5.87. The molecule has 0 saturated heterocycles. The van der Waals surface area contributed by atoms with Crippen molar-refractivity contribution in [2.24, 2.45) is 0 Å². The second-order valence-electron chi connectivity index (χ2n) is 4.28. The van der Waals surface area contributed by atoms with Crippen LogP contribution in [0.5, 0.6) is 5.75 Å². The molecule has 0 aliphatic carbocycles. The van der Waals surface area contributed by atoms with Gasteiger partial charge >= 0.3 is 5.97 Å². The molecule has 1 unspecified atom stereocenters. The summed E-state index contributed by atoms with van der Waals surface area (Å²) in [7, 11) is 0. The van der Waals surface area contributed by atoms with Crippen LogP contribution in [0.15, 0.2) is 18.2 Å². The number of hydrogen-bond acceptors (Lipinski definition) is 3. The molecule has 0 aromatic heterocycles. The van der Waals surface area contributed by atoms with Crippen molar-refractivity contribution in [3.05, 3.63) is 29.6 Å². The molecule has 2 N–H and O–H groups in total. The zero-order chi connectivity index (χ0) is 13.7. The third kappa shape index (κ3) is 4.00. The first-order valence-corrected chi connectivity index (χ1v) is 5.87. The van der Waals surface area contributed by atoms with Crippen LogP contribution in [0.25, 0.3) is 0 Å². The molecule has 0 amide bonds. The molecule has 0 spiro atoms. The summed E-state index contributed by atoms with van der Waals surface area (Å²) in [6.07, 6.45) is 0.0178. The van der Waals surface area contributed by atoms with E-state index in [0.717, 1.165) is 0 Å². The van der Waals surface area contributed by atoms with E-state index in [-0.39, 0.29) is 18.2 Å². The predicted molar refractivity (Wildman–Crippen MR) is 65.9 cm³/mol. The lowest BCUT2D eigenvalue weighted by Gasteiger charge is -2.27. The molecule has 1 aromatic carbocycles. The number of phenolic OH excluding ortho intramolecular Hbond substituents is 1. The minimum absolute atomic E-state index is 0.0178. The van der Waals surface area contributed by atoms with Crippen LogP contribution in [0.3, 0.4) is 0 Å². The number of rotatable bonds is 6. The number of phenols is 1. The maximum atomic E-state index is 13.1. The summed E-state index contributed by atoms with van der Waals surface area (Å²) >= 11 is 0. The molecule has 4 nitrogen and oxygen atoms in total. The average Bonchev–Trinajstić information content (AvgIpc) is 2.29. The van der Waals surface area contributed by atoms with Gasteiger partial charge in [-0.05, 0) is 31.7 Å². The highest BCUT2D eigenvalue weighted by Crippen LogP contribution is 2.21. The summed E-state index contributed by atoms with van der Waals surface area (Å²) in [5.74, 6) is -1.26. The summed E-state index contributed by atoms with van der Waals surface area (Å²) in [5.41, 5.74) is 0.467. The van der Waals surface area contributed by atoms with Crippen LogP contribution in [0.1, 0.15) is 25.8 Å². The van der Waals surface area contributed by atoms with Crippen molar-refractivity contribution in [1.29, 1.82) is 0 Å². The topological polar surface area (TPSA) is 60.8 Å². The number of benzene rings is 1. The van der Waals surface area contributed by atoms with Crippen LogP contribution >= 0.6 is 0 Å². The van der Waals surface area contributed by atoms with E-state index >= 15 is 0 Å². The molecule has 5 heteroatoms. The number of carboxylic acids is 1. The van der Waals surface area contributed by atoms with Gasteiger partial charge in [0.2, 0.25) is 0 Å². The highest BCUT2D eigenvalue weighted by atomic mass is 19.1. The Kier molecular flexibility index (Phi) is 5.09. The highest BCUT2D eigenvalue weighted by molar-refractivity contribution is 5.67. The van der Waals surface area contributed by atoms with Crippen molar-refractivity contribution >= 4 is 5.97 Å². The van der Waals surface area contributed by atoms with Gasteiger partial charge in [0.25, 0.3) is 0 Å². The number of hydrogen-bond donors (Lipinski definition) is 2. The fraction of sp³-hybridized carbons (Fsp3) is 0.462. The van der Waals surface area contributed by atoms with E-state index in [2.05, 4.69) is 0 Å². The van der Waals surface area contributed by atoms with Gasteiger partial charge in [0.15, 0.2) is 0 Å². The Bertz CT molecular complexity index is 423. The summed E-state index contributed by atoms with van der Waals surface area (Å²) < 4.78 is 13.1. The molecule has 0 heterocycles. The van der Waals surface area contributed by atoms with Gasteiger partial charge in [0.05, 0.1) is 6.42 Å². The van der Waals surface area contributed by atoms with Crippen LogP contribution in [-0.4, -0.2) is 33.7 Å². The Morgan fingerprint density at radius 1 is 1.50 bits per heavy atom. The van der Waals surface area contributed by atoms with Crippen LogP contribution in [-0.2, 0) is 11.3 Å². The lowest BCUT2D eigenvalue weighted by Crippen LogP contribution is -2.34. The monoisotopic (exact) mass is 255 g/mol. The molecule has 1 rings (SSSR count). The molecule has 100 valence electrons.